The fourth-order valence-corrected chi connectivity index (χ4v) is 2.65. The second-order valence-electron chi connectivity index (χ2n) is 3.48. The first-order valence-corrected chi connectivity index (χ1v) is 5.48. The van der Waals surface area contributed by atoms with E-state index in [1.807, 2.05) is 0 Å². The molecule has 0 amide bonds. The highest BCUT2D eigenvalue weighted by atomic mass is 79.9. The molecule has 14 heavy (non-hydrogen) atoms. The Balaban J connectivity index is 2.47. The van der Waals surface area contributed by atoms with E-state index in [0.29, 0.717) is 0 Å². The molecule has 0 fully saturated rings. The molecule has 0 bridgehead atoms. The van der Waals surface area contributed by atoms with Crippen molar-refractivity contribution >= 4 is 26.7 Å². The predicted octanol–water partition coefficient (Wildman–Crippen LogP) is 3.54. The molecule has 0 spiro atoms. The van der Waals surface area contributed by atoms with Gasteiger partial charge in [-0.25, -0.2) is 0 Å². The van der Waals surface area contributed by atoms with Crippen LogP contribution in [0.1, 0.15) is 5.56 Å². The molecule has 2 aromatic rings. The van der Waals surface area contributed by atoms with E-state index >= 15 is 0 Å². The topological polar surface area (TPSA) is 9.23 Å². The largest absolute Gasteiger partial charge is 0.493 e. The van der Waals surface area contributed by atoms with Crippen LogP contribution >= 0.6 is 15.9 Å². The summed E-state index contributed by atoms with van der Waals surface area (Å²) < 4.78 is 6.70. The molecule has 0 radical (unpaired) electrons. The Kier molecular flexibility index (Phi) is 1.77. The first-order chi connectivity index (χ1) is 6.86. The molecule has 2 aromatic carbocycles. The normalized spacial score (nSPS) is 14.1. The summed E-state index contributed by atoms with van der Waals surface area (Å²) in [5.41, 5.74) is 1.34. The van der Waals surface area contributed by atoms with E-state index in [-0.39, 0.29) is 0 Å². The number of hydrogen-bond donors (Lipinski definition) is 0. The molecule has 1 aliphatic rings. The Bertz CT molecular complexity index is 505. The highest BCUT2D eigenvalue weighted by Gasteiger charge is 2.16. The van der Waals surface area contributed by atoms with E-state index in [1.165, 1.54) is 16.3 Å². The first-order valence-electron chi connectivity index (χ1n) is 4.69. The van der Waals surface area contributed by atoms with Gasteiger partial charge in [0.15, 0.2) is 0 Å². The summed E-state index contributed by atoms with van der Waals surface area (Å²) in [4.78, 5) is 0. The van der Waals surface area contributed by atoms with E-state index in [2.05, 4.69) is 46.3 Å². The van der Waals surface area contributed by atoms with Crippen LogP contribution in [-0.2, 0) is 6.42 Å². The third-order valence-electron chi connectivity index (χ3n) is 2.67. The second-order valence-corrected chi connectivity index (χ2v) is 4.33. The summed E-state index contributed by atoms with van der Waals surface area (Å²) in [6.07, 6.45) is 1.02. The molecule has 1 nitrogen and oxygen atoms in total. The van der Waals surface area contributed by atoms with Crippen LogP contribution < -0.4 is 4.74 Å². The molecule has 1 heterocycles. The van der Waals surface area contributed by atoms with Gasteiger partial charge in [-0.1, -0.05) is 34.1 Å². The number of fused-ring (bicyclic) bond motifs is 3. The number of rotatable bonds is 0. The highest BCUT2D eigenvalue weighted by molar-refractivity contribution is 9.10. The van der Waals surface area contributed by atoms with E-state index in [4.69, 9.17) is 4.74 Å². The van der Waals surface area contributed by atoms with Crippen LogP contribution in [-0.4, -0.2) is 6.61 Å². The maximum Gasteiger partial charge on any atom is 0.123 e. The Morgan fingerprint density at radius 2 is 2.07 bits per heavy atom. The van der Waals surface area contributed by atoms with E-state index < -0.39 is 0 Å². The quantitative estimate of drug-likeness (QED) is 0.693. The first kappa shape index (κ1) is 8.30. The Morgan fingerprint density at radius 3 is 3.00 bits per heavy atom. The lowest BCUT2D eigenvalue weighted by Gasteiger charge is -2.05. The molecule has 2 heteroatoms. The van der Waals surface area contributed by atoms with Crippen molar-refractivity contribution in [3.8, 4) is 5.75 Å². The molecule has 0 N–H and O–H groups in total. The Hall–Kier alpha value is -1.02. The van der Waals surface area contributed by atoms with Gasteiger partial charge in [0.2, 0.25) is 0 Å². The predicted molar refractivity (Wildman–Crippen MR) is 60.8 cm³/mol. The minimum atomic E-state index is 0.815. The van der Waals surface area contributed by atoms with Crippen LogP contribution in [0.3, 0.4) is 0 Å². The fraction of sp³-hybridized carbons (Fsp3) is 0.167. The molecule has 3 rings (SSSR count). The summed E-state index contributed by atoms with van der Waals surface area (Å²) >= 11 is 3.59. The van der Waals surface area contributed by atoms with Crippen molar-refractivity contribution in [3.05, 3.63) is 40.4 Å². The molecule has 0 aromatic heterocycles. The van der Waals surface area contributed by atoms with Gasteiger partial charge in [0.05, 0.1) is 6.61 Å². The molecule has 0 aliphatic carbocycles. The average Bonchev–Trinajstić information content (AvgIpc) is 2.65. The van der Waals surface area contributed by atoms with Crippen LogP contribution in [0.15, 0.2) is 34.8 Å². The Morgan fingerprint density at radius 1 is 1.14 bits per heavy atom. The molecular weight excluding hydrogens is 240 g/mol. The number of benzene rings is 2. The SMILES string of the molecule is Brc1cccc2ccc3c(c12)CCO3. The molecular formula is C12H9BrO. The van der Waals surface area contributed by atoms with Crippen molar-refractivity contribution in [2.75, 3.05) is 6.61 Å². The Labute approximate surface area is 90.8 Å². The maximum atomic E-state index is 5.54. The van der Waals surface area contributed by atoms with Crippen molar-refractivity contribution in [1.29, 1.82) is 0 Å². The van der Waals surface area contributed by atoms with Gasteiger partial charge < -0.3 is 4.74 Å². The third kappa shape index (κ3) is 1.07. The maximum absolute atomic E-state index is 5.54. The summed E-state index contributed by atoms with van der Waals surface area (Å²) in [6, 6.07) is 10.5. The van der Waals surface area contributed by atoms with E-state index in [1.54, 1.807) is 0 Å². The van der Waals surface area contributed by atoms with Crippen molar-refractivity contribution in [2.24, 2.45) is 0 Å². The summed E-state index contributed by atoms with van der Waals surface area (Å²) in [5.74, 6) is 1.05. The van der Waals surface area contributed by atoms with Gasteiger partial charge >= 0.3 is 0 Å². The lowest BCUT2D eigenvalue weighted by Crippen LogP contribution is -1.86. The average molecular weight is 249 g/mol. The molecule has 1 aliphatic heterocycles. The van der Waals surface area contributed by atoms with Gasteiger partial charge in [-0.3, -0.25) is 0 Å². The van der Waals surface area contributed by atoms with E-state index in [9.17, 15) is 0 Å². The monoisotopic (exact) mass is 248 g/mol. The molecule has 70 valence electrons. The molecule has 0 saturated carbocycles. The zero-order valence-electron chi connectivity index (χ0n) is 7.59. The fourth-order valence-electron chi connectivity index (χ4n) is 2.03. The van der Waals surface area contributed by atoms with Crippen molar-refractivity contribution in [1.82, 2.24) is 0 Å². The zero-order valence-corrected chi connectivity index (χ0v) is 9.17. The van der Waals surface area contributed by atoms with Crippen LogP contribution in [0.25, 0.3) is 10.8 Å². The molecule has 0 unspecified atom stereocenters. The van der Waals surface area contributed by atoms with Crippen molar-refractivity contribution < 1.29 is 4.74 Å². The molecule has 0 atom stereocenters. The lowest BCUT2D eigenvalue weighted by atomic mass is 10.0. The highest BCUT2D eigenvalue weighted by Crippen LogP contribution is 2.36. The van der Waals surface area contributed by atoms with Crippen LogP contribution in [0.2, 0.25) is 0 Å². The van der Waals surface area contributed by atoms with Gasteiger partial charge in [-0.15, -0.1) is 0 Å². The smallest absolute Gasteiger partial charge is 0.123 e. The van der Waals surface area contributed by atoms with Crippen LogP contribution in [0, 0.1) is 0 Å². The zero-order chi connectivity index (χ0) is 9.54. The van der Waals surface area contributed by atoms with E-state index in [0.717, 1.165) is 23.2 Å². The number of hydrogen-bond acceptors (Lipinski definition) is 1. The van der Waals surface area contributed by atoms with Gasteiger partial charge in [-0.05, 0) is 17.5 Å². The van der Waals surface area contributed by atoms with Crippen molar-refractivity contribution in [3.63, 3.8) is 0 Å². The summed E-state index contributed by atoms with van der Waals surface area (Å²) in [6.45, 7) is 0.815. The number of halogens is 1. The minimum Gasteiger partial charge on any atom is -0.493 e. The molecule has 0 saturated heterocycles. The van der Waals surface area contributed by atoms with Gasteiger partial charge in [0.1, 0.15) is 5.75 Å². The summed E-state index contributed by atoms with van der Waals surface area (Å²) in [7, 11) is 0. The van der Waals surface area contributed by atoms with Crippen LogP contribution in [0.5, 0.6) is 5.75 Å². The van der Waals surface area contributed by atoms with Crippen molar-refractivity contribution in [2.45, 2.75) is 6.42 Å². The number of ether oxygens (including phenoxy) is 1. The van der Waals surface area contributed by atoms with Gasteiger partial charge in [-0.2, -0.15) is 0 Å². The second kappa shape index (κ2) is 2.99. The minimum absolute atomic E-state index is 0.815. The standard InChI is InChI=1S/C12H9BrO/c13-10-3-1-2-8-4-5-11-9(12(8)10)6-7-14-11/h1-5H,6-7H2. The van der Waals surface area contributed by atoms with Gasteiger partial charge in [0, 0.05) is 21.8 Å². The van der Waals surface area contributed by atoms with Gasteiger partial charge in [0.25, 0.3) is 0 Å². The van der Waals surface area contributed by atoms with Crippen LogP contribution in [0.4, 0.5) is 0 Å². The summed E-state index contributed by atoms with van der Waals surface area (Å²) in [5, 5.41) is 2.59. The lowest BCUT2D eigenvalue weighted by molar-refractivity contribution is 0.357. The third-order valence-corrected chi connectivity index (χ3v) is 3.33.